The van der Waals surface area contributed by atoms with Gasteiger partial charge in [0, 0.05) is 24.4 Å². The van der Waals surface area contributed by atoms with E-state index in [1.807, 2.05) is 52.7 Å². The van der Waals surface area contributed by atoms with Crippen LogP contribution in [0.15, 0.2) is 47.8 Å². The third-order valence-electron chi connectivity index (χ3n) is 4.53. The molecule has 1 aliphatic heterocycles. The minimum atomic E-state index is -0.588. The molecule has 0 radical (unpaired) electrons. The minimum absolute atomic E-state index is 0.00961. The van der Waals surface area contributed by atoms with Crippen molar-refractivity contribution in [2.45, 2.75) is 38.1 Å². The Balaban J connectivity index is 1.67. The molecule has 2 amide bonds. The summed E-state index contributed by atoms with van der Waals surface area (Å²) in [6, 6.07) is 13.0. The van der Waals surface area contributed by atoms with E-state index in [2.05, 4.69) is 5.32 Å². The van der Waals surface area contributed by atoms with E-state index in [1.165, 1.54) is 11.3 Å². The molecule has 0 unspecified atom stereocenters. The summed E-state index contributed by atoms with van der Waals surface area (Å²) < 4.78 is 0. The molecule has 1 aliphatic rings. The summed E-state index contributed by atoms with van der Waals surface area (Å²) in [5.41, 5.74) is 0.850. The molecule has 1 fully saturated rings. The van der Waals surface area contributed by atoms with Crippen LogP contribution in [0, 0.1) is 0 Å². The highest BCUT2D eigenvalue weighted by molar-refractivity contribution is 7.09. The zero-order valence-corrected chi connectivity index (χ0v) is 15.1. The van der Waals surface area contributed by atoms with Crippen molar-refractivity contribution in [3.63, 3.8) is 0 Å². The van der Waals surface area contributed by atoms with Gasteiger partial charge in [0.2, 0.25) is 11.8 Å². The maximum Gasteiger partial charge on any atom is 0.249 e. The Bertz CT molecular complexity index is 679. The maximum absolute atomic E-state index is 13.0. The van der Waals surface area contributed by atoms with Gasteiger partial charge in [0.25, 0.3) is 0 Å². The molecule has 1 N–H and O–H groups in total. The zero-order valence-electron chi connectivity index (χ0n) is 14.3. The highest BCUT2D eigenvalue weighted by atomic mass is 32.1. The smallest absolute Gasteiger partial charge is 0.249 e. The fourth-order valence-corrected chi connectivity index (χ4v) is 3.86. The van der Waals surface area contributed by atoms with E-state index in [1.54, 1.807) is 11.3 Å². The summed E-state index contributed by atoms with van der Waals surface area (Å²) in [6.45, 7) is 1.57. The Hall–Kier alpha value is -2.14. The Morgan fingerprint density at radius 3 is 2.48 bits per heavy atom. The molecule has 2 heterocycles. The number of likely N-dealkylation sites (tertiary alicyclic amines) is 1. The number of aryl methyl sites for hydroxylation is 1. The Morgan fingerprint density at radius 1 is 1.04 bits per heavy atom. The fourth-order valence-electron chi connectivity index (χ4n) is 3.15. The molecule has 1 aromatic carbocycles. The molecule has 132 valence electrons. The van der Waals surface area contributed by atoms with Gasteiger partial charge in [0.1, 0.15) is 6.04 Å². The van der Waals surface area contributed by atoms with E-state index >= 15 is 0 Å². The fraction of sp³-hybridized carbons (Fsp3) is 0.400. The molecular formula is C20H24N2O2S. The van der Waals surface area contributed by atoms with E-state index in [0.717, 1.165) is 31.5 Å². The van der Waals surface area contributed by atoms with Crippen LogP contribution >= 0.6 is 11.3 Å². The molecule has 1 atom stereocenters. The number of nitrogens with one attached hydrogen (secondary N) is 1. The van der Waals surface area contributed by atoms with Crippen LogP contribution in [0.1, 0.15) is 42.2 Å². The van der Waals surface area contributed by atoms with Crippen LogP contribution in [0.2, 0.25) is 0 Å². The molecule has 4 nitrogen and oxygen atoms in total. The first-order valence-corrected chi connectivity index (χ1v) is 9.77. The predicted molar refractivity (Wildman–Crippen MR) is 100 cm³/mol. The van der Waals surface area contributed by atoms with E-state index in [-0.39, 0.29) is 11.8 Å². The molecule has 0 aliphatic carbocycles. The van der Waals surface area contributed by atoms with Gasteiger partial charge >= 0.3 is 0 Å². The lowest BCUT2D eigenvalue weighted by Gasteiger charge is -2.31. The van der Waals surface area contributed by atoms with Crippen molar-refractivity contribution in [3.05, 3.63) is 58.3 Å². The lowest BCUT2D eigenvalue weighted by Crippen LogP contribution is -2.45. The van der Waals surface area contributed by atoms with Gasteiger partial charge in [-0.2, -0.15) is 0 Å². The van der Waals surface area contributed by atoms with Crippen molar-refractivity contribution >= 4 is 23.2 Å². The van der Waals surface area contributed by atoms with Gasteiger partial charge in [-0.15, -0.1) is 11.3 Å². The Labute approximate surface area is 152 Å². The van der Waals surface area contributed by atoms with Crippen LogP contribution in [0.5, 0.6) is 0 Å². The molecule has 1 aromatic heterocycles. The standard InChI is InChI=1S/C20H24N2O2S/c23-18(12-11-17-10-7-15-25-17)21-19(16-8-3-1-4-9-16)20(24)22-13-5-2-6-14-22/h1,3-4,7-10,15,19H,2,5-6,11-14H2,(H,21,23)/t19-/m0/s1. The summed E-state index contributed by atoms with van der Waals surface area (Å²) in [7, 11) is 0. The first-order chi connectivity index (χ1) is 12.2. The summed E-state index contributed by atoms with van der Waals surface area (Å²) in [6.07, 6.45) is 4.37. The van der Waals surface area contributed by atoms with Gasteiger partial charge in [-0.1, -0.05) is 36.4 Å². The first kappa shape index (κ1) is 17.7. The number of carbonyl (C=O) groups is 2. The minimum Gasteiger partial charge on any atom is -0.341 e. The average Bonchev–Trinajstić information content (AvgIpc) is 3.19. The number of amides is 2. The molecule has 2 aromatic rings. The second kappa shape index (κ2) is 8.81. The van der Waals surface area contributed by atoms with Crippen molar-refractivity contribution in [1.29, 1.82) is 0 Å². The highest BCUT2D eigenvalue weighted by Gasteiger charge is 2.28. The number of hydrogen-bond acceptors (Lipinski definition) is 3. The van der Waals surface area contributed by atoms with E-state index in [0.29, 0.717) is 12.8 Å². The largest absolute Gasteiger partial charge is 0.341 e. The maximum atomic E-state index is 13.0. The summed E-state index contributed by atoms with van der Waals surface area (Å²) in [5, 5.41) is 4.98. The number of hydrogen-bond donors (Lipinski definition) is 1. The van der Waals surface area contributed by atoms with Crippen molar-refractivity contribution in [3.8, 4) is 0 Å². The summed E-state index contributed by atoms with van der Waals surface area (Å²) in [4.78, 5) is 28.5. The topological polar surface area (TPSA) is 49.4 Å². The van der Waals surface area contributed by atoms with E-state index < -0.39 is 6.04 Å². The predicted octanol–water partition coefficient (Wildman–Crippen LogP) is 3.55. The number of thiophene rings is 1. The Kier molecular flexibility index (Phi) is 6.23. The number of piperidine rings is 1. The number of rotatable bonds is 6. The second-order valence-corrected chi connectivity index (χ2v) is 7.41. The summed E-state index contributed by atoms with van der Waals surface area (Å²) in [5.74, 6) is -0.0667. The first-order valence-electron chi connectivity index (χ1n) is 8.89. The van der Waals surface area contributed by atoms with Gasteiger partial charge in [0.05, 0.1) is 0 Å². The SMILES string of the molecule is O=C(CCc1cccs1)N[C@H](C(=O)N1CCCCC1)c1ccccc1. The van der Waals surface area contributed by atoms with Gasteiger partial charge in [-0.3, -0.25) is 9.59 Å². The highest BCUT2D eigenvalue weighted by Crippen LogP contribution is 2.20. The molecule has 0 bridgehead atoms. The Morgan fingerprint density at radius 2 is 1.80 bits per heavy atom. The monoisotopic (exact) mass is 356 g/mol. The van der Waals surface area contributed by atoms with Gasteiger partial charge in [-0.25, -0.2) is 0 Å². The van der Waals surface area contributed by atoms with E-state index in [4.69, 9.17) is 0 Å². The van der Waals surface area contributed by atoms with Gasteiger partial charge in [0.15, 0.2) is 0 Å². The van der Waals surface area contributed by atoms with Gasteiger partial charge in [-0.05, 0) is 42.7 Å². The third kappa shape index (κ3) is 4.92. The van der Waals surface area contributed by atoms with Crippen molar-refractivity contribution in [1.82, 2.24) is 10.2 Å². The van der Waals surface area contributed by atoms with Crippen LogP contribution in [-0.4, -0.2) is 29.8 Å². The molecule has 5 heteroatoms. The molecule has 0 saturated carbocycles. The van der Waals surface area contributed by atoms with Crippen molar-refractivity contribution in [2.75, 3.05) is 13.1 Å². The van der Waals surface area contributed by atoms with E-state index in [9.17, 15) is 9.59 Å². The molecular weight excluding hydrogens is 332 g/mol. The van der Waals surface area contributed by atoms with Crippen LogP contribution in [0.4, 0.5) is 0 Å². The van der Waals surface area contributed by atoms with Crippen molar-refractivity contribution < 1.29 is 9.59 Å². The quantitative estimate of drug-likeness (QED) is 0.860. The lowest BCUT2D eigenvalue weighted by atomic mass is 10.0. The number of nitrogens with zero attached hydrogens (tertiary/aromatic N) is 1. The zero-order chi connectivity index (χ0) is 17.5. The van der Waals surface area contributed by atoms with Gasteiger partial charge < -0.3 is 10.2 Å². The summed E-state index contributed by atoms with van der Waals surface area (Å²) >= 11 is 1.65. The molecule has 0 spiro atoms. The van der Waals surface area contributed by atoms with Crippen LogP contribution in [0.3, 0.4) is 0 Å². The second-order valence-electron chi connectivity index (χ2n) is 6.38. The average molecular weight is 356 g/mol. The number of carbonyl (C=O) groups excluding carboxylic acids is 2. The van der Waals surface area contributed by atoms with Crippen molar-refractivity contribution in [2.24, 2.45) is 0 Å². The molecule has 25 heavy (non-hydrogen) atoms. The lowest BCUT2D eigenvalue weighted by molar-refractivity contribution is -0.137. The normalized spacial score (nSPS) is 15.6. The molecule has 3 rings (SSSR count). The number of benzene rings is 1. The van der Waals surface area contributed by atoms with Crippen LogP contribution in [-0.2, 0) is 16.0 Å². The third-order valence-corrected chi connectivity index (χ3v) is 5.47. The van der Waals surface area contributed by atoms with Crippen LogP contribution in [0.25, 0.3) is 0 Å². The van der Waals surface area contributed by atoms with Crippen LogP contribution < -0.4 is 5.32 Å². The molecule has 1 saturated heterocycles.